The van der Waals surface area contributed by atoms with Crippen LogP contribution in [0.4, 0.5) is 0 Å². The van der Waals surface area contributed by atoms with E-state index < -0.39 is 5.60 Å². The van der Waals surface area contributed by atoms with Crippen LogP contribution in [0.3, 0.4) is 0 Å². The van der Waals surface area contributed by atoms with E-state index in [0.29, 0.717) is 13.1 Å². The van der Waals surface area contributed by atoms with Gasteiger partial charge in [0.2, 0.25) is 0 Å². The lowest BCUT2D eigenvalue weighted by molar-refractivity contribution is -0.00646. The van der Waals surface area contributed by atoms with Crippen molar-refractivity contribution in [2.75, 3.05) is 6.54 Å². The number of rotatable bonds is 4. The van der Waals surface area contributed by atoms with Crippen molar-refractivity contribution in [3.8, 4) is 0 Å². The summed E-state index contributed by atoms with van der Waals surface area (Å²) in [6.45, 7) is 3.56. The van der Waals surface area contributed by atoms with Crippen LogP contribution in [-0.2, 0) is 13.6 Å². The van der Waals surface area contributed by atoms with Gasteiger partial charge in [-0.05, 0) is 31.6 Å². The van der Waals surface area contributed by atoms with Crippen LogP contribution in [0.15, 0.2) is 6.33 Å². The maximum atomic E-state index is 10.4. The quantitative estimate of drug-likeness (QED) is 0.816. The molecule has 0 aromatic carbocycles. The normalized spacial score (nSPS) is 29.5. The molecule has 17 heavy (non-hydrogen) atoms. The van der Waals surface area contributed by atoms with Crippen LogP contribution in [-0.4, -0.2) is 32.0 Å². The van der Waals surface area contributed by atoms with Crippen molar-refractivity contribution in [2.24, 2.45) is 13.0 Å². The second-order valence-corrected chi connectivity index (χ2v) is 5.31. The standard InChI is InChI=1S/C12H22N4O/c1-10-3-5-12(17,6-4-10)8-13-7-11-14-9-15-16(11)2/h9-10,13,17H,3-8H2,1-2H3. The maximum absolute atomic E-state index is 10.4. The topological polar surface area (TPSA) is 63.0 Å². The minimum atomic E-state index is -0.523. The second-order valence-electron chi connectivity index (χ2n) is 5.31. The molecule has 1 aliphatic rings. The zero-order valence-corrected chi connectivity index (χ0v) is 10.7. The fourth-order valence-electron chi connectivity index (χ4n) is 2.36. The third-order valence-electron chi connectivity index (χ3n) is 3.75. The predicted molar refractivity (Wildman–Crippen MR) is 65.3 cm³/mol. The molecule has 1 aliphatic carbocycles. The fourth-order valence-corrected chi connectivity index (χ4v) is 2.36. The van der Waals surface area contributed by atoms with Crippen molar-refractivity contribution in [3.63, 3.8) is 0 Å². The SMILES string of the molecule is CC1CCC(O)(CNCc2ncnn2C)CC1. The van der Waals surface area contributed by atoms with E-state index in [0.717, 1.165) is 37.4 Å². The molecule has 1 heterocycles. The zero-order chi connectivity index (χ0) is 12.3. The molecule has 0 radical (unpaired) electrons. The average Bonchev–Trinajstić information content (AvgIpc) is 2.70. The molecule has 2 N–H and O–H groups in total. The molecule has 2 rings (SSSR count). The Balaban J connectivity index is 1.76. The zero-order valence-electron chi connectivity index (χ0n) is 10.7. The summed E-state index contributed by atoms with van der Waals surface area (Å²) in [6, 6.07) is 0. The Morgan fingerprint density at radius 1 is 1.53 bits per heavy atom. The molecular formula is C12H22N4O. The molecule has 0 saturated heterocycles. The summed E-state index contributed by atoms with van der Waals surface area (Å²) in [7, 11) is 1.88. The van der Waals surface area contributed by atoms with Crippen molar-refractivity contribution in [3.05, 3.63) is 12.2 Å². The molecule has 0 aliphatic heterocycles. The molecule has 0 unspecified atom stereocenters. The molecule has 0 bridgehead atoms. The van der Waals surface area contributed by atoms with Gasteiger partial charge in [-0.25, -0.2) is 4.98 Å². The highest BCUT2D eigenvalue weighted by Crippen LogP contribution is 2.31. The summed E-state index contributed by atoms with van der Waals surface area (Å²) >= 11 is 0. The molecule has 1 saturated carbocycles. The molecule has 0 amide bonds. The Kier molecular flexibility index (Phi) is 3.79. The molecule has 5 nitrogen and oxygen atoms in total. The van der Waals surface area contributed by atoms with Crippen LogP contribution in [0.1, 0.15) is 38.4 Å². The van der Waals surface area contributed by atoms with Gasteiger partial charge in [0.05, 0.1) is 12.1 Å². The fraction of sp³-hybridized carbons (Fsp3) is 0.833. The maximum Gasteiger partial charge on any atom is 0.140 e. The van der Waals surface area contributed by atoms with Crippen LogP contribution in [0.25, 0.3) is 0 Å². The Bertz CT molecular complexity index is 355. The van der Waals surface area contributed by atoms with E-state index in [1.807, 2.05) is 7.05 Å². The largest absolute Gasteiger partial charge is 0.389 e. The van der Waals surface area contributed by atoms with Gasteiger partial charge in [-0.15, -0.1) is 0 Å². The van der Waals surface area contributed by atoms with Crippen LogP contribution < -0.4 is 5.32 Å². The van der Waals surface area contributed by atoms with Crippen LogP contribution in [0, 0.1) is 5.92 Å². The molecule has 1 aromatic rings. The molecular weight excluding hydrogens is 216 g/mol. The molecule has 0 atom stereocenters. The first-order chi connectivity index (χ1) is 8.09. The van der Waals surface area contributed by atoms with Gasteiger partial charge < -0.3 is 10.4 Å². The number of nitrogens with zero attached hydrogens (tertiary/aromatic N) is 3. The minimum Gasteiger partial charge on any atom is -0.389 e. The highest BCUT2D eigenvalue weighted by atomic mass is 16.3. The molecule has 5 heteroatoms. The Morgan fingerprint density at radius 3 is 2.82 bits per heavy atom. The van der Waals surface area contributed by atoms with E-state index in [2.05, 4.69) is 22.3 Å². The highest BCUT2D eigenvalue weighted by Gasteiger charge is 2.31. The molecule has 0 spiro atoms. The Labute approximate surface area is 102 Å². The smallest absolute Gasteiger partial charge is 0.140 e. The van der Waals surface area contributed by atoms with E-state index in [9.17, 15) is 5.11 Å². The van der Waals surface area contributed by atoms with Crippen LogP contribution in [0.5, 0.6) is 0 Å². The van der Waals surface area contributed by atoms with Crippen molar-refractivity contribution >= 4 is 0 Å². The van der Waals surface area contributed by atoms with E-state index in [1.165, 1.54) is 0 Å². The van der Waals surface area contributed by atoms with Gasteiger partial charge in [-0.1, -0.05) is 6.92 Å². The summed E-state index contributed by atoms with van der Waals surface area (Å²) in [5, 5.41) is 17.7. The van der Waals surface area contributed by atoms with Crippen LogP contribution in [0.2, 0.25) is 0 Å². The number of hydrogen-bond acceptors (Lipinski definition) is 4. The number of hydrogen-bond donors (Lipinski definition) is 2. The Morgan fingerprint density at radius 2 is 2.24 bits per heavy atom. The average molecular weight is 238 g/mol. The minimum absolute atomic E-state index is 0.523. The first-order valence-electron chi connectivity index (χ1n) is 6.35. The lowest BCUT2D eigenvalue weighted by Gasteiger charge is -2.35. The van der Waals surface area contributed by atoms with Crippen molar-refractivity contribution in [1.82, 2.24) is 20.1 Å². The van der Waals surface area contributed by atoms with Crippen molar-refractivity contribution in [1.29, 1.82) is 0 Å². The lowest BCUT2D eigenvalue weighted by Crippen LogP contribution is -2.43. The van der Waals surface area contributed by atoms with E-state index in [-0.39, 0.29) is 0 Å². The van der Waals surface area contributed by atoms with Gasteiger partial charge >= 0.3 is 0 Å². The molecule has 1 fully saturated rings. The summed E-state index contributed by atoms with van der Waals surface area (Å²) in [5.74, 6) is 1.66. The summed E-state index contributed by atoms with van der Waals surface area (Å²) in [5.41, 5.74) is -0.523. The first-order valence-corrected chi connectivity index (χ1v) is 6.35. The molecule has 1 aromatic heterocycles. The number of nitrogens with one attached hydrogen (secondary N) is 1. The summed E-state index contributed by atoms with van der Waals surface area (Å²) < 4.78 is 1.75. The number of aliphatic hydroxyl groups is 1. The van der Waals surface area contributed by atoms with Gasteiger partial charge in [0, 0.05) is 13.6 Å². The van der Waals surface area contributed by atoms with E-state index >= 15 is 0 Å². The monoisotopic (exact) mass is 238 g/mol. The second kappa shape index (κ2) is 5.14. The van der Waals surface area contributed by atoms with Crippen LogP contribution >= 0.6 is 0 Å². The predicted octanol–water partition coefficient (Wildman–Crippen LogP) is 0.846. The van der Waals surface area contributed by atoms with Gasteiger partial charge in [-0.3, -0.25) is 4.68 Å². The van der Waals surface area contributed by atoms with Crippen molar-refractivity contribution < 1.29 is 5.11 Å². The lowest BCUT2D eigenvalue weighted by atomic mass is 9.79. The number of aryl methyl sites for hydroxylation is 1. The van der Waals surface area contributed by atoms with Gasteiger partial charge in [0.25, 0.3) is 0 Å². The summed E-state index contributed by atoms with van der Waals surface area (Å²) in [4.78, 5) is 4.14. The van der Waals surface area contributed by atoms with E-state index in [1.54, 1.807) is 11.0 Å². The van der Waals surface area contributed by atoms with Crippen molar-refractivity contribution in [2.45, 2.75) is 44.8 Å². The van der Waals surface area contributed by atoms with Gasteiger partial charge in [-0.2, -0.15) is 5.10 Å². The Hall–Kier alpha value is -0.940. The highest BCUT2D eigenvalue weighted by molar-refractivity contribution is 4.88. The molecule has 96 valence electrons. The summed E-state index contributed by atoms with van der Waals surface area (Å²) in [6.07, 6.45) is 5.61. The third kappa shape index (κ3) is 3.26. The first kappa shape index (κ1) is 12.5. The van der Waals surface area contributed by atoms with E-state index in [4.69, 9.17) is 0 Å². The van der Waals surface area contributed by atoms with Gasteiger partial charge in [0.15, 0.2) is 0 Å². The number of aromatic nitrogens is 3. The van der Waals surface area contributed by atoms with Gasteiger partial charge in [0.1, 0.15) is 12.2 Å². The third-order valence-corrected chi connectivity index (χ3v) is 3.75.